The summed E-state index contributed by atoms with van der Waals surface area (Å²) in [5.41, 5.74) is 3.25. The number of nitrogens with zero attached hydrogens (tertiary/aromatic N) is 1. The van der Waals surface area contributed by atoms with E-state index in [-0.39, 0.29) is 12.4 Å². The number of rotatable bonds is 3. The monoisotopic (exact) mass is 354 g/mol. The summed E-state index contributed by atoms with van der Waals surface area (Å²) in [6.07, 6.45) is 1.47. The number of halogens is 1. The van der Waals surface area contributed by atoms with Gasteiger partial charge in [0.15, 0.2) is 11.5 Å². The molecule has 1 aliphatic rings. The highest BCUT2D eigenvalue weighted by Gasteiger charge is 2.19. The molecule has 126 valence electrons. The molecule has 0 spiro atoms. The Bertz CT molecular complexity index is 929. The largest absolute Gasteiger partial charge is 0.454 e. The van der Waals surface area contributed by atoms with E-state index >= 15 is 0 Å². The maximum atomic E-state index is 12.4. The van der Waals surface area contributed by atoms with Crippen LogP contribution in [-0.2, 0) is 4.79 Å². The van der Waals surface area contributed by atoms with Gasteiger partial charge in [0.2, 0.25) is 6.79 Å². The van der Waals surface area contributed by atoms with E-state index in [4.69, 9.17) is 21.1 Å². The van der Waals surface area contributed by atoms with Gasteiger partial charge in [0.05, 0.1) is 5.02 Å². The van der Waals surface area contributed by atoms with E-state index < -0.39 is 5.91 Å². The number of amides is 1. The number of carbonyl (C=O) groups is 1. The number of anilines is 1. The van der Waals surface area contributed by atoms with Crippen LogP contribution in [0, 0.1) is 25.2 Å². The highest BCUT2D eigenvalue weighted by atomic mass is 35.5. The van der Waals surface area contributed by atoms with Crippen molar-refractivity contribution in [3.8, 4) is 17.6 Å². The first-order valence-corrected chi connectivity index (χ1v) is 7.96. The van der Waals surface area contributed by atoms with Crippen LogP contribution in [0.1, 0.15) is 16.7 Å². The van der Waals surface area contributed by atoms with Crippen molar-refractivity contribution in [1.82, 2.24) is 0 Å². The first-order chi connectivity index (χ1) is 12.0. The lowest BCUT2D eigenvalue weighted by Gasteiger charge is -2.10. The van der Waals surface area contributed by atoms with Crippen LogP contribution in [0.2, 0.25) is 5.02 Å². The number of hydrogen-bond donors (Lipinski definition) is 1. The Hall–Kier alpha value is -2.97. The summed E-state index contributed by atoms with van der Waals surface area (Å²) in [5, 5.41) is 12.5. The van der Waals surface area contributed by atoms with Crippen LogP contribution >= 0.6 is 11.6 Å². The van der Waals surface area contributed by atoms with Gasteiger partial charge in [0, 0.05) is 5.69 Å². The molecule has 1 N–H and O–H groups in total. The SMILES string of the molecule is Cc1cccc(NC(=O)/C(C#N)=C/c2cc(Cl)c3c(c2)OCO3)c1C. The zero-order valence-corrected chi connectivity index (χ0v) is 14.5. The van der Waals surface area contributed by atoms with Crippen molar-refractivity contribution in [3.63, 3.8) is 0 Å². The number of fused-ring (bicyclic) bond motifs is 1. The van der Waals surface area contributed by atoms with Gasteiger partial charge in [-0.15, -0.1) is 0 Å². The first kappa shape index (κ1) is 16.9. The Labute approximate surface area is 150 Å². The van der Waals surface area contributed by atoms with Crippen LogP contribution in [0.15, 0.2) is 35.9 Å². The van der Waals surface area contributed by atoms with Gasteiger partial charge in [-0.3, -0.25) is 4.79 Å². The van der Waals surface area contributed by atoms with Crippen LogP contribution < -0.4 is 14.8 Å². The fourth-order valence-corrected chi connectivity index (χ4v) is 2.74. The minimum Gasteiger partial charge on any atom is -0.454 e. The minimum atomic E-state index is -0.481. The molecule has 2 aromatic rings. The molecule has 0 atom stereocenters. The number of ether oxygens (including phenoxy) is 2. The third-order valence-electron chi connectivity index (χ3n) is 3.98. The molecule has 0 unspecified atom stereocenters. The number of hydrogen-bond acceptors (Lipinski definition) is 4. The van der Waals surface area contributed by atoms with Crippen molar-refractivity contribution < 1.29 is 14.3 Å². The summed E-state index contributed by atoms with van der Waals surface area (Å²) < 4.78 is 10.5. The van der Waals surface area contributed by atoms with E-state index in [2.05, 4.69) is 5.32 Å². The standard InChI is InChI=1S/C19H15ClN2O3/c1-11-4-3-5-16(12(11)2)22-19(23)14(9-21)6-13-7-15(20)18-17(8-13)24-10-25-18/h3-8H,10H2,1-2H3,(H,22,23)/b14-6+. The van der Waals surface area contributed by atoms with E-state index in [1.165, 1.54) is 6.08 Å². The Kier molecular flexibility index (Phi) is 4.64. The number of benzene rings is 2. The van der Waals surface area contributed by atoms with E-state index in [1.54, 1.807) is 18.2 Å². The number of nitrogens with one attached hydrogen (secondary N) is 1. The van der Waals surface area contributed by atoms with Crippen molar-refractivity contribution >= 4 is 29.3 Å². The molecule has 1 heterocycles. The Balaban J connectivity index is 1.88. The van der Waals surface area contributed by atoms with Gasteiger partial charge in [-0.25, -0.2) is 0 Å². The quantitative estimate of drug-likeness (QED) is 0.661. The molecular formula is C19H15ClN2O3. The molecule has 0 radical (unpaired) electrons. The average molecular weight is 355 g/mol. The molecular weight excluding hydrogens is 340 g/mol. The summed E-state index contributed by atoms with van der Waals surface area (Å²) >= 11 is 6.13. The van der Waals surface area contributed by atoms with Crippen LogP contribution in [0.5, 0.6) is 11.5 Å². The maximum Gasteiger partial charge on any atom is 0.266 e. The van der Waals surface area contributed by atoms with Gasteiger partial charge >= 0.3 is 0 Å². The number of nitriles is 1. The third-order valence-corrected chi connectivity index (χ3v) is 4.26. The molecule has 0 bridgehead atoms. The molecule has 0 aliphatic carbocycles. The highest BCUT2D eigenvalue weighted by molar-refractivity contribution is 6.32. The van der Waals surface area contributed by atoms with Crippen molar-refractivity contribution in [2.75, 3.05) is 12.1 Å². The molecule has 0 fully saturated rings. The topological polar surface area (TPSA) is 71.4 Å². The smallest absolute Gasteiger partial charge is 0.266 e. The normalized spacial score (nSPS) is 12.6. The fourth-order valence-electron chi connectivity index (χ4n) is 2.46. The summed E-state index contributed by atoms with van der Waals surface area (Å²) in [4.78, 5) is 12.4. The number of carbonyl (C=O) groups excluding carboxylic acids is 1. The van der Waals surface area contributed by atoms with Crippen LogP contribution in [0.3, 0.4) is 0 Å². The molecule has 25 heavy (non-hydrogen) atoms. The molecule has 1 amide bonds. The van der Waals surface area contributed by atoms with Gasteiger partial charge in [-0.05, 0) is 54.8 Å². The molecule has 0 saturated carbocycles. The van der Waals surface area contributed by atoms with Crippen LogP contribution in [0.4, 0.5) is 5.69 Å². The highest BCUT2D eigenvalue weighted by Crippen LogP contribution is 2.40. The van der Waals surface area contributed by atoms with E-state index in [0.29, 0.717) is 27.8 Å². The zero-order valence-electron chi connectivity index (χ0n) is 13.7. The fraction of sp³-hybridized carbons (Fsp3) is 0.158. The summed E-state index contributed by atoms with van der Waals surface area (Å²) in [5.74, 6) is 0.480. The molecule has 1 aliphatic heterocycles. The third kappa shape index (κ3) is 3.44. The predicted octanol–water partition coefficient (Wildman–Crippen LogP) is 4.23. The number of aryl methyl sites for hydroxylation is 1. The zero-order chi connectivity index (χ0) is 18.0. The van der Waals surface area contributed by atoms with Gasteiger partial charge in [0.25, 0.3) is 5.91 Å². The Morgan fingerprint density at radius 1 is 1.32 bits per heavy atom. The maximum absolute atomic E-state index is 12.4. The summed E-state index contributed by atoms with van der Waals surface area (Å²) in [6, 6.07) is 10.8. The molecule has 6 heteroatoms. The molecule has 3 rings (SSSR count). The molecule has 0 aromatic heterocycles. The van der Waals surface area contributed by atoms with Crippen LogP contribution in [-0.4, -0.2) is 12.7 Å². The summed E-state index contributed by atoms with van der Waals surface area (Å²) in [7, 11) is 0. The van der Waals surface area contributed by atoms with E-state index in [1.807, 2.05) is 32.0 Å². The second-order valence-electron chi connectivity index (χ2n) is 5.61. The lowest BCUT2D eigenvalue weighted by Crippen LogP contribution is -2.14. The van der Waals surface area contributed by atoms with Crippen molar-refractivity contribution in [3.05, 3.63) is 57.6 Å². The van der Waals surface area contributed by atoms with Gasteiger partial charge in [-0.2, -0.15) is 5.26 Å². The minimum absolute atomic E-state index is 0.0316. The van der Waals surface area contributed by atoms with Gasteiger partial charge in [0.1, 0.15) is 11.6 Å². The molecule has 0 saturated heterocycles. The van der Waals surface area contributed by atoms with Crippen molar-refractivity contribution in [1.29, 1.82) is 5.26 Å². The van der Waals surface area contributed by atoms with Crippen molar-refractivity contribution in [2.24, 2.45) is 0 Å². The van der Waals surface area contributed by atoms with Gasteiger partial charge in [-0.1, -0.05) is 23.7 Å². The lowest BCUT2D eigenvalue weighted by molar-refractivity contribution is -0.112. The van der Waals surface area contributed by atoms with E-state index in [0.717, 1.165) is 11.1 Å². The van der Waals surface area contributed by atoms with Crippen molar-refractivity contribution in [2.45, 2.75) is 13.8 Å². The van der Waals surface area contributed by atoms with E-state index in [9.17, 15) is 10.1 Å². The molecule has 2 aromatic carbocycles. The lowest BCUT2D eigenvalue weighted by atomic mass is 10.1. The molecule has 5 nitrogen and oxygen atoms in total. The Morgan fingerprint density at radius 3 is 2.88 bits per heavy atom. The summed E-state index contributed by atoms with van der Waals surface area (Å²) in [6.45, 7) is 3.97. The average Bonchev–Trinajstić information content (AvgIpc) is 3.06. The first-order valence-electron chi connectivity index (χ1n) is 7.58. The van der Waals surface area contributed by atoms with Gasteiger partial charge < -0.3 is 14.8 Å². The Morgan fingerprint density at radius 2 is 2.12 bits per heavy atom. The predicted molar refractivity (Wildman–Crippen MR) is 95.7 cm³/mol. The van der Waals surface area contributed by atoms with Crippen LogP contribution in [0.25, 0.3) is 6.08 Å². The second kappa shape index (κ2) is 6.88. The second-order valence-corrected chi connectivity index (χ2v) is 6.02.